The molecule has 2 aromatic heterocycles. The summed E-state index contributed by atoms with van der Waals surface area (Å²) in [6.45, 7) is 0. The summed E-state index contributed by atoms with van der Waals surface area (Å²) in [5.74, 6) is 5.75. The molecule has 0 spiro atoms. The minimum absolute atomic E-state index is 0.221. The van der Waals surface area contributed by atoms with Crippen LogP contribution in [0.4, 0.5) is 0 Å². The second-order valence-corrected chi connectivity index (χ2v) is 6.47. The normalized spacial score (nSPS) is 12.9. The number of thiophene rings is 2. The number of hydrogen-bond donors (Lipinski definition) is 2. The van der Waals surface area contributed by atoms with Crippen LogP contribution in [0.25, 0.3) is 10.1 Å². The van der Waals surface area contributed by atoms with Crippen molar-refractivity contribution >= 4 is 32.8 Å². The predicted molar refractivity (Wildman–Crippen MR) is 84.5 cm³/mol. The monoisotopic (exact) mass is 288 g/mol. The Morgan fingerprint density at radius 3 is 2.79 bits per heavy atom. The fourth-order valence-corrected chi connectivity index (χ4v) is 4.08. The van der Waals surface area contributed by atoms with Crippen LogP contribution in [0.15, 0.2) is 47.2 Å². The third kappa shape index (κ3) is 2.72. The summed E-state index contributed by atoms with van der Waals surface area (Å²) in [6, 6.07) is 13.0. The van der Waals surface area contributed by atoms with E-state index in [1.165, 1.54) is 20.5 Å². The van der Waals surface area contributed by atoms with Gasteiger partial charge in [-0.2, -0.15) is 0 Å². The van der Waals surface area contributed by atoms with E-state index in [4.69, 9.17) is 5.84 Å². The zero-order valence-electron chi connectivity index (χ0n) is 10.5. The van der Waals surface area contributed by atoms with E-state index in [0.29, 0.717) is 0 Å². The molecule has 98 valence electrons. The highest BCUT2D eigenvalue weighted by atomic mass is 32.1. The van der Waals surface area contributed by atoms with Crippen LogP contribution in [0, 0.1) is 0 Å². The van der Waals surface area contributed by atoms with Gasteiger partial charge in [-0.1, -0.05) is 24.3 Å². The van der Waals surface area contributed by atoms with E-state index in [1.807, 2.05) is 11.3 Å². The van der Waals surface area contributed by atoms with Crippen molar-refractivity contribution in [3.63, 3.8) is 0 Å². The Kier molecular flexibility index (Phi) is 3.94. The first-order chi connectivity index (χ1) is 9.38. The van der Waals surface area contributed by atoms with Crippen molar-refractivity contribution in [1.29, 1.82) is 0 Å². The summed E-state index contributed by atoms with van der Waals surface area (Å²) in [5, 5.41) is 5.67. The first-order valence-electron chi connectivity index (χ1n) is 6.33. The molecule has 19 heavy (non-hydrogen) atoms. The van der Waals surface area contributed by atoms with Crippen molar-refractivity contribution in [2.24, 2.45) is 5.84 Å². The molecule has 3 rings (SSSR count). The van der Waals surface area contributed by atoms with Crippen LogP contribution in [0.1, 0.15) is 22.9 Å². The van der Waals surface area contributed by atoms with Gasteiger partial charge in [0.25, 0.3) is 0 Å². The van der Waals surface area contributed by atoms with Crippen LogP contribution in [0.2, 0.25) is 0 Å². The van der Waals surface area contributed by atoms with E-state index < -0.39 is 0 Å². The highest BCUT2D eigenvalue weighted by Crippen LogP contribution is 2.32. The number of fused-ring (bicyclic) bond motifs is 1. The zero-order valence-corrected chi connectivity index (χ0v) is 12.1. The molecule has 0 aliphatic rings. The van der Waals surface area contributed by atoms with E-state index >= 15 is 0 Å². The maximum absolute atomic E-state index is 5.75. The summed E-state index contributed by atoms with van der Waals surface area (Å²) >= 11 is 3.60. The molecule has 0 fully saturated rings. The summed E-state index contributed by atoms with van der Waals surface area (Å²) in [7, 11) is 0. The van der Waals surface area contributed by atoms with Crippen molar-refractivity contribution < 1.29 is 0 Å². The Morgan fingerprint density at radius 2 is 2.00 bits per heavy atom. The molecule has 1 atom stereocenters. The van der Waals surface area contributed by atoms with Crippen LogP contribution >= 0.6 is 22.7 Å². The second kappa shape index (κ2) is 5.84. The highest BCUT2D eigenvalue weighted by Gasteiger charge is 2.14. The minimum atomic E-state index is 0.221. The van der Waals surface area contributed by atoms with Crippen LogP contribution < -0.4 is 11.3 Å². The number of hydrazine groups is 1. The molecule has 3 aromatic rings. The number of benzene rings is 1. The standard InChI is InChI=1S/C15H16N2S2/c16-17-14(8-7-11-4-3-9-18-11)13-10-19-15-6-2-1-5-12(13)15/h1-6,9-10,14,17H,7-8,16H2. The number of hydrogen-bond acceptors (Lipinski definition) is 4. The molecule has 0 aliphatic heterocycles. The van der Waals surface area contributed by atoms with Crippen molar-refractivity contribution in [1.82, 2.24) is 5.43 Å². The molecule has 4 heteroatoms. The van der Waals surface area contributed by atoms with E-state index in [0.717, 1.165) is 12.8 Å². The van der Waals surface area contributed by atoms with Gasteiger partial charge in [0.05, 0.1) is 0 Å². The first-order valence-corrected chi connectivity index (χ1v) is 8.09. The Labute approximate surface area is 120 Å². The van der Waals surface area contributed by atoms with Gasteiger partial charge < -0.3 is 0 Å². The zero-order chi connectivity index (χ0) is 13.1. The molecule has 0 aliphatic carbocycles. The Balaban J connectivity index is 1.81. The largest absolute Gasteiger partial charge is 0.271 e. The number of aryl methyl sites for hydroxylation is 1. The summed E-state index contributed by atoms with van der Waals surface area (Å²) < 4.78 is 1.33. The molecule has 1 aromatic carbocycles. The lowest BCUT2D eigenvalue weighted by atomic mass is 10.0. The number of nitrogens with one attached hydrogen (secondary N) is 1. The number of nitrogens with two attached hydrogens (primary N) is 1. The van der Waals surface area contributed by atoms with Crippen molar-refractivity contribution in [2.75, 3.05) is 0 Å². The molecule has 0 radical (unpaired) electrons. The smallest absolute Gasteiger partial charge is 0.0477 e. The summed E-state index contributed by atoms with van der Waals surface area (Å²) in [5.41, 5.74) is 4.29. The van der Waals surface area contributed by atoms with E-state index in [-0.39, 0.29) is 6.04 Å². The van der Waals surface area contributed by atoms with E-state index in [2.05, 4.69) is 52.6 Å². The molecule has 0 bridgehead atoms. The van der Waals surface area contributed by atoms with Gasteiger partial charge in [-0.05, 0) is 46.7 Å². The van der Waals surface area contributed by atoms with Crippen LogP contribution in [-0.4, -0.2) is 0 Å². The highest BCUT2D eigenvalue weighted by molar-refractivity contribution is 7.17. The molecule has 2 heterocycles. The Bertz CT molecular complexity index is 643. The molecule has 0 saturated heterocycles. The summed E-state index contributed by atoms with van der Waals surface area (Å²) in [6.07, 6.45) is 2.09. The van der Waals surface area contributed by atoms with Gasteiger partial charge in [-0.3, -0.25) is 11.3 Å². The SMILES string of the molecule is NNC(CCc1cccs1)c1csc2ccccc12. The van der Waals surface area contributed by atoms with Gasteiger partial charge >= 0.3 is 0 Å². The average molecular weight is 288 g/mol. The topological polar surface area (TPSA) is 38.0 Å². The van der Waals surface area contributed by atoms with Gasteiger partial charge in [0.2, 0.25) is 0 Å². The van der Waals surface area contributed by atoms with Gasteiger partial charge in [0.15, 0.2) is 0 Å². The lowest BCUT2D eigenvalue weighted by molar-refractivity contribution is 0.522. The lowest BCUT2D eigenvalue weighted by Crippen LogP contribution is -2.28. The third-order valence-electron chi connectivity index (χ3n) is 3.35. The van der Waals surface area contributed by atoms with Gasteiger partial charge in [-0.15, -0.1) is 22.7 Å². The van der Waals surface area contributed by atoms with Crippen LogP contribution in [0.5, 0.6) is 0 Å². The molecular weight excluding hydrogens is 272 g/mol. The Morgan fingerprint density at radius 1 is 1.11 bits per heavy atom. The number of rotatable bonds is 5. The van der Waals surface area contributed by atoms with Gasteiger partial charge in [0.1, 0.15) is 0 Å². The molecule has 0 amide bonds. The van der Waals surface area contributed by atoms with E-state index in [1.54, 1.807) is 11.3 Å². The van der Waals surface area contributed by atoms with Crippen molar-refractivity contribution in [2.45, 2.75) is 18.9 Å². The average Bonchev–Trinajstić information content (AvgIpc) is 3.09. The molecular formula is C15H16N2S2. The maximum atomic E-state index is 5.75. The fraction of sp³-hybridized carbons (Fsp3) is 0.200. The maximum Gasteiger partial charge on any atom is 0.0477 e. The fourth-order valence-electron chi connectivity index (χ4n) is 2.34. The summed E-state index contributed by atoms with van der Waals surface area (Å²) in [4.78, 5) is 1.42. The quantitative estimate of drug-likeness (QED) is 0.548. The first kappa shape index (κ1) is 12.8. The molecule has 1 unspecified atom stereocenters. The third-order valence-corrected chi connectivity index (χ3v) is 5.26. The van der Waals surface area contributed by atoms with Crippen LogP contribution in [-0.2, 0) is 6.42 Å². The molecule has 3 N–H and O–H groups in total. The second-order valence-electron chi connectivity index (χ2n) is 4.52. The van der Waals surface area contributed by atoms with E-state index in [9.17, 15) is 0 Å². The Hall–Kier alpha value is -1.20. The minimum Gasteiger partial charge on any atom is -0.271 e. The van der Waals surface area contributed by atoms with Crippen LogP contribution in [0.3, 0.4) is 0 Å². The predicted octanol–water partition coefficient (Wildman–Crippen LogP) is 4.10. The van der Waals surface area contributed by atoms with Crippen molar-refractivity contribution in [3.05, 3.63) is 57.6 Å². The van der Waals surface area contributed by atoms with Gasteiger partial charge in [-0.25, -0.2) is 0 Å². The molecule has 2 nitrogen and oxygen atoms in total. The van der Waals surface area contributed by atoms with Gasteiger partial charge in [0, 0.05) is 15.6 Å². The van der Waals surface area contributed by atoms with Crippen molar-refractivity contribution in [3.8, 4) is 0 Å². The lowest BCUT2D eigenvalue weighted by Gasteiger charge is -2.15. The molecule has 0 saturated carbocycles.